The van der Waals surface area contributed by atoms with E-state index in [1.165, 1.54) is 7.11 Å². The minimum absolute atomic E-state index is 0.0763. The molecule has 110 valence electrons. The second kappa shape index (κ2) is 6.71. The number of nitrogens with one attached hydrogen (secondary N) is 2. The summed E-state index contributed by atoms with van der Waals surface area (Å²) in [4.78, 5) is 22.1. The summed E-state index contributed by atoms with van der Waals surface area (Å²) < 4.78 is 27.4. The summed E-state index contributed by atoms with van der Waals surface area (Å²) in [7, 11) is -1.86. The predicted octanol–water partition coefficient (Wildman–Crippen LogP) is -1.04. The molecule has 3 N–H and O–H groups in total. The molecule has 9 heteroatoms. The minimum atomic E-state index is -3.09. The number of aliphatic carboxylic acids is 1. The number of ether oxygens (including phenoxy) is 1. The van der Waals surface area contributed by atoms with E-state index < -0.39 is 34.0 Å². The Morgan fingerprint density at radius 2 is 2.16 bits per heavy atom. The van der Waals surface area contributed by atoms with E-state index in [9.17, 15) is 18.0 Å². The van der Waals surface area contributed by atoms with E-state index in [0.29, 0.717) is 12.8 Å². The zero-order valence-electron chi connectivity index (χ0n) is 10.6. The minimum Gasteiger partial charge on any atom is -0.479 e. The summed E-state index contributed by atoms with van der Waals surface area (Å²) in [6.07, 6.45) is -0.0107. The Kier molecular flexibility index (Phi) is 5.55. The molecule has 1 aliphatic rings. The molecule has 1 saturated heterocycles. The van der Waals surface area contributed by atoms with E-state index in [0.717, 1.165) is 0 Å². The van der Waals surface area contributed by atoms with Gasteiger partial charge in [-0.05, 0) is 12.8 Å². The van der Waals surface area contributed by atoms with Crippen molar-refractivity contribution in [3.8, 4) is 0 Å². The fraction of sp³-hybridized carbons (Fsp3) is 0.800. The van der Waals surface area contributed by atoms with Crippen LogP contribution >= 0.6 is 0 Å². The first-order valence-electron chi connectivity index (χ1n) is 5.84. The largest absolute Gasteiger partial charge is 0.479 e. The molecule has 2 atom stereocenters. The number of carboxylic acid groups (broad SMARTS) is 1. The van der Waals surface area contributed by atoms with Gasteiger partial charge in [0.1, 0.15) is 0 Å². The van der Waals surface area contributed by atoms with Gasteiger partial charge in [0.25, 0.3) is 0 Å². The average Bonchev–Trinajstić information content (AvgIpc) is 2.27. The molecule has 0 aliphatic carbocycles. The SMILES string of the molecule is COC(CNC(=O)NC1CCCS(=O)(=O)C1)C(=O)O. The maximum atomic E-state index is 11.5. The average molecular weight is 294 g/mol. The van der Waals surface area contributed by atoms with Gasteiger partial charge < -0.3 is 20.5 Å². The van der Waals surface area contributed by atoms with Crippen LogP contribution in [0.2, 0.25) is 0 Å². The zero-order chi connectivity index (χ0) is 14.5. The third-order valence-corrected chi connectivity index (χ3v) is 4.63. The van der Waals surface area contributed by atoms with Gasteiger partial charge in [-0.15, -0.1) is 0 Å². The Labute approximate surface area is 111 Å². The monoisotopic (exact) mass is 294 g/mol. The van der Waals surface area contributed by atoms with Crippen LogP contribution in [0.25, 0.3) is 0 Å². The summed E-state index contributed by atoms with van der Waals surface area (Å²) in [6.45, 7) is -0.183. The van der Waals surface area contributed by atoms with Crippen molar-refractivity contribution < 1.29 is 27.9 Å². The van der Waals surface area contributed by atoms with Gasteiger partial charge in [0.15, 0.2) is 15.9 Å². The lowest BCUT2D eigenvalue weighted by atomic mass is 10.2. The molecule has 1 fully saturated rings. The molecule has 0 aromatic rings. The second-order valence-corrected chi connectivity index (χ2v) is 6.60. The fourth-order valence-corrected chi connectivity index (χ4v) is 3.47. The van der Waals surface area contributed by atoms with Crippen LogP contribution in [0.5, 0.6) is 0 Å². The van der Waals surface area contributed by atoms with Crippen molar-refractivity contribution in [2.45, 2.75) is 25.0 Å². The highest BCUT2D eigenvalue weighted by molar-refractivity contribution is 7.91. The van der Waals surface area contributed by atoms with Crippen LogP contribution in [-0.2, 0) is 19.4 Å². The Hall–Kier alpha value is -1.35. The molecule has 8 nitrogen and oxygen atoms in total. The van der Waals surface area contributed by atoms with Crippen molar-refractivity contribution in [2.75, 3.05) is 25.2 Å². The first-order valence-corrected chi connectivity index (χ1v) is 7.66. The Bertz CT molecular complexity index is 435. The lowest BCUT2D eigenvalue weighted by Crippen LogP contribution is -2.49. The van der Waals surface area contributed by atoms with Gasteiger partial charge in [-0.3, -0.25) is 0 Å². The summed E-state index contributed by atoms with van der Waals surface area (Å²) in [6, 6.07) is -1.02. The van der Waals surface area contributed by atoms with Crippen molar-refractivity contribution in [1.82, 2.24) is 10.6 Å². The van der Waals surface area contributed by atoms with Gasteiger partial charge in [0.05, 0.1) is 18.1 Å². The van der Waals surface area contributed by atoms with Gasteiger partial charge in [-0.1, -0.05) is 0 Å². The van der Waals surface area contributed by atoms with Crippen LogP contribution in [-0.4, -0.2) is 62.8 Å². The topological polar surface area (TPSA) is 122 Å². The third-order valence-electron chi connectivity index (χ3n) is 2.81. The van der Waals surface area contributed by atoms with Gasteiger partial charge in [0, 0.05) is 13.2 Å². The quantitative estimate of drug-likeness (QED) is 0.595. The zero-order valence-corrected chi connectivity index (χ0v) is 11.4. The van der Waals surface area contributed by atoms with Gasteiger partial charge in [-0.2, -0.15) is 0 Å². The van der Waals surface area contributed by atoms with Crippen LogP contribution in [0, 0.1) is 0 Å². The molecule has 0 bridgehead atoms. The molecule has 0 aromatic carbocycles. The first-order chi connectivity index (χ1) is 8.84. The molecule has 1 aliphatic heterocycles. The Morgan fingerprint density at radius 3 is 2.68 bits per heavy atom. The van der Waals surface area contributed by atoms with Crippen LogP contribution in [0.4, 0.5) is 4.79 Å². The fourth-order valence-electron chi connectivity index (χ4n) is 1.83. The van der Waals surface area contributed by atoms with E-state index >= 15 is 0 Å². The van der Waals surface area contributed by atoms with Gasteiger partial charge >= 0.3 is 12.0 Å². The molecule has 0 spiro atoms. The van der Waals surface area contributed by atoms with Crippen molar-refractivity contribution in [3.63, 3.8) is 0 Å². The highest BCUT2D eigenvalue weighted by atomic mass is 32.2. The number of rotatable bonds is 5. The van der Waals surface area contributed by atoms with Crippen LogP contribution in [0.3, 0.4) is 0 Å². The van der Waals surface area contributed by atoms with Gasteiger partial charge in [-0.25, -0.2) is 18.0 Å². The molecular weight excluding hydrogens is 276 g/mol. The molecule has 1 rings (SSSR count). The first kappa shape index (κ1) is 15.7. The molecule has 2 unspecified atom stereocenters. The number of carboxylic acids is 1. The molecule has 1 heterocycles. The number of methoxy groups -OCH3 is 1. The van der Waals surface area contributed by atoms with Crippen molar-refractivity contribution >= 4 is 21.8 Å². The normalized spacial score (nSPS) is 23.3. The van der Waals surface area contributed by atoms with E-state index in [1.807, 2.05) is 0 Å². The van der Waals surface area contributed by atoms with Crippen LogP contribution < -0.4 is 10.6 Å². The molecule has 0 radical (unpaired) electrons. The van der Waals surface area contributed by atoms with E-state index in [1.54, 1.807) is 0 Å². The number of hydrogen-bond donors (Lipinski definition) is 3. The number of carbonyl (C=O) groups excluding carboxylic acids is 1. The standard InChI is InChI=1S/C10H18N2O6S/c1-18-8(9(13)14)5-11-10(15)12-7-3-2-4-19(16,17)6-7/h7-8H,2-6H2,1H3,(H,13,14)(H2,11,12,15). The maximum Gasteiger partial charge on any atom is 0.334 e. The third kappa shape index (κ3) is 5.43. The summed E-state index contributed by atoms with van der Waals surface area (Å²) >= 11 is 0. The number of urea groups is 1. The molecular formula is C10H18N2O6S. The lowest BCUT2D eigenvalue weighted by molar-refractivity contribution is -0.147. The maximum absolute atomic E-state index is 11.5. The lowest BCUT2D eigenvalue weighted by Gasteiger charge is -2.23. The molecule has 19 heavy (non-hydrogen) atoms. The van der Waals surface area contributed by atoms with Gasteiger partial charge in [0.2, 0.25) is 0 Å². The molecule has 0 aromatic heterocycles. The number of amides is 2. The van der Waals surface area contributed by atoms with E-state index in [4.69, 9.17) is 5.11 Å². The summed E-state index contributed by atoms with van der Waals surface area (Å²) in [5.74, 6) is -1.10. The summed E-state index contributed by atoms with van der Waals surface area (Å²) in [5, 5.41) is 13.6. The summed E-state index contributed by atoms with van der Waals surface area (Å²) in [5.41, 5.74) is 0. The Morgan fingerprint density at radius 1 is 1.47 bits per heavy atom. The highest BCUT2D eigenvalue weighted by Crippen LogP contribution is 2.11. The molecule has 0 saturated carbocycles. The predicted molar refractivity (Wildman–Crippen MR) is 66.6 cm³/mol. The number of sulfone groups is 1. The molecule has 2 amide bonds. The van der Waals surface area contributed by atoms with Crippen molar-refractivity contribution in [3.05, 3.63) is 0 Å². The highest BCUT2D eigenvalue weighted by Gasteiger charge is 2.26. The van der Waals surface area contributed by atoms with E-state index in [-0.39, 0.29) is 18.1 Å². The smallest absolute Gasteiger partial charge is 0.334 e. The van der Waals surface area contributed by atoms with Crippen LogP contribution in [0.1, 0.15) is 12.8 Å². The number of carbonyl (C=O) groups is 2. The van der Waals surface area contributed by atoms with Crippen LogP contribution in [0.15, 0.2) is 0 Å². The number of hydrogen-bond acceptors (Lipinski definition) is 5. The van der Waals surface area contributed by atoms with Crippen molar-refractivity contribution in [1.29, 1.82) is 0 Å². The Balaban J connectivity index is 2.37. The van der Waals surface area contributed by atoms with E-state index in [2.05, 4.69) is 15.4 Å². The van der Waals surface area contributed by atoms with Crippen molar-refractivity contribution in [2.24, 2.45) is 0 Å². The second-order valence-electron chi connectivity index (χ2n) is 4.37.